The average Bonchev–Trinajstić information content (AvgIpc) is 3.06. The van der Waals surface area contributed by atoms with Gasteiger partial charge < -0.3 is 14.2 Å². The van der Waals surface area contributed by atoms with E-state index in [-0.39, 0.29) is 17.9 Å². The number of aromatic nitrogens is 3. The monoisotopic (exact) mass is 346 g/mol. The van der Waals surface area contributed by atoms with Crippen molar-refractivity contribution in [1.29, 1.82) is 0 Å². The lowest BCUT2D eigenvalue weighted by Gasteiger charge is -2.25. The Kier molecular flexibility index (Phi) is 3.99. The fraction of sp³-hybridized carbons (Fsp3) is 0.312. The van der Waals surface area contributed by atoms with E-state index in [1.165, 1.54) is 23.7 Å². The zero-order valence-electron chi connectivity index (χ0n) is 12.8. The van der Waals surface area contributed by atoms with Crippen LogP contribution < -0.4 is 10.5 Å². The number of halogens is 1. The first-order chi connectivity index (χ1) is 11.7. The summed E-state index contributed by atoms with van der Waals surface area (Å²) in [7, 11) is 0. The van der Waals surface area contributed by atoms with Crippen molar-refractivity contribution < 1.29 is 9.13 Å². The lowest BCUT2D eigenvalue weighted by Crippen LogP contribution is -2.36. The minimum Gasteiger partial charge on any atom is -0.378 e. The van der Waals surface area contributed by atoms with Crippen LogP contribution in [0.5, 0.6) is 0 Å². The fourth-order valence-electron chi connectivity index (χ4n) is 2.69. The van der Waals surface area contributed by atoms with Crippen molar-refractivity contribution in [2.75, 3.05) is 31.2 Å². The van der Waals surface area contributed by atoms with Crippen LogP contribution in [0.4, 0.5) is 9.52 Å². The van der Waals surface area contributed by atoms with Crippen LogP contribution in [0.2, 0.25) is 0 Å². The van der Waals surface area contributed by atoms with Gasteiger partial charge in [-0.1, -0.05) is 29.5 Å². The van der Waals surface area contributed by atoms with Crippen molar-refractivity contribution in [2.45, 2.75) is 6.54 Å². The Bertz CT molecular complexity index is 933. The summed E-state index contributed by atoms with van der Waals surface area (Å²) in [6.07, 6.45) is 1.43. The van der Waals surface area contributed by atoms with E-state index in [1.807, 2.05) is 0 Å². The molecule has 0 atom stereocenters. The molecule has 0 unspecified atom stereocenters. The van der Waals surface area contributed by atoms with Crippen molar-refractivity contribution in [1.82, 2.24) is 14.5 Å². The molecule has 0 amide bonds. The number of ether oxygens (including phenoxy) is 1. The smallest absolute Gasteiger partial charge is 0.292 e. The van der Waals surface area contributed by atoms with Gasteiger partial charge in [0, 0.05) is 18.7 Å². The molecule has 24 heavy (non-hydrogen) atoms. The Labute approximate surface area is 141 Å². The summed E-state index contributed by atoms with van der Waals surface area (Å²) in [4.78, 5) is 22.7. The van der Waals surface area contributed by atoms with Crippen LogP contribution in [-0.2, 0) is 11.3 Å². The van der Waals surface area contributed by atoms with Gasteiger partial charge in [0.2, 0.25) is 0 Å². The number of thiazole rings is 1. The molecule has 124 valence electrons. The molecule has 3 heterocycles. The number of morpholine rings is 1. The van der Waals surface area contributed by atoms with Gasteiger partial charge in [0.25, 0.3) is 5.56 Å². The first-order valence-corrected chi connectivity index (χ1v) is 8.46. The molecule has 8 heteroatoms. The minimum absolute atomic E-state index is 0.280. The average molecular weight is 346 g/mol. The normalized spacial score (nSPS) is 15.1. The summed E-state index contributed by atoms with van der Waals surface area (Å²) >= 11 is 1.33. The second-order valence-corrected chi connectivity index (χ2v) is 6.50. The maximum Gasteiger partial charge on any atom is 0.292 e. The van der Waals surface area contributed by atoms with Crippen LogP contribution in [0.25, 0.3) is 10.3 Å². The molecule has 2 aromatic heterocycles. The summed E-state index contributed by atoms with van der Waals surface area (Å²) in [6.45, 7) is 3.06. The first kappa shape index (κ1) is 15.2. The van der Waals surface area contributed by atoms with Crippen LogP contribution in [0.3, 0.4) is 0 Å². The molecule has 0 N–H and O–H groups in total. The Morgan fingerprint density at radius 3 is 2.83 bits per heavy atom. The quantitative estimate of drug-likeness (QED) is 0.725. The van der Waals surface area contributed by atoms with Gasteiger partial charge in [0.15, 0.2) is 10.8 Å². The number of fused-ring (bicyclic) bond motifs is 1. The van der Waals surface area contributed by atoms with Gasteiger partial charge in [0.05, 0.1) is 19.8 Å². The van der Waals surface area contributed by atoms with E-state index in [9.17, 15) is 9.18 Å². The van der Waals surface area contributed by atoms with Crippen LogP contribution in [0.15, 0.2) is 35.4 Å². The molecule has 0 radical (unpaired) electrons. The van der Waals surface area contributed by atoms with Gasteiger partial charge >= 0.3 is 0 Å². The number of anilines is 1. The topological polar surface area (TPSA) is 60.2 Å². The van der Waals surface area contributed by atoms with E-state index in [0.29, 0.717) is 29.1 Å². The third kappa shape index (κ3) is 2.78. The van der Waals surface area contributed by atoms with E-state index in [4.69, 9.17) is 4.74 Å². The molecular weight excluding hydrogens is 331 g/mol. The third-order valence-corrected chi connectivity index (χ3v) is 5.05. The highest BCUT2D eigenvalue weighted by Gasteiger charge is 2.18. The van der Waals surface area contributed by atoms with Gasteiger partial charge in [0.1, 0.15) is 16.8 Å². The summed E-state index contributed by atoms with van der Waals surface area (Å²) < 4.78 is 21.5. The molecule has 1 saturated heterocycles. The van der Waals surface area contributed by atoms with Crippen molar-refractivity contribution >= 4 is 26.8 Å². The van der Waals surface area contributed by atoms with Crippen molar-refractivity contribution in [3.63, 3.8) is 0 Å². The Morgan fingerprint density at radius 1 is 1.25 bits per heavy atom. The summed E-state index contributed by atoms with van der Waals surface area (Å²) in [5, 5.41) is 0.778. The highest BCUT2D eigenvalue weighted by Crippen LogP contribution is 2.27. The number of hydrogen-bond acceptors (Lipinski definition) is 6. The molecular formula is C16H15FN4O2S. The predicted molar refractivity (Wildman–Crippen MR) is 90.2 cm³/mol. The standard InChI is InChI=1S/C16H15FN4O2S/c17-12-4-2-1-3-11(12)9-21-10-18-15(22)13-14(21)19-16(24-13)20-5-7-23-8-6-20/h1-4,10H,5-9H2. The van der Waals surface area contributed by atoms with E-state index < -0.39 is 0 Å². The predicted octanol–water partition coefficient (Wildman–Crippen LogP) is 1.88. The Balaban J connectivity index is 1.76. The number of hydrogen-bond donors (Lipinski definition) is 0. The van der Waals surface area contributed by atoms with Crippen LogP contribution in [0.1, 0.15) is 5.56 Å². The lowest BCUT2D eigenvalue weighted by molar-refractivity contribution is 0.122. The number of rotatable bonds is 3. The van der Waals surface area contributed by atoms with Gasteiger partial charge in [-0.05, 0) is 6.07 Å². The van der Waals surface area contributed by atoms with Gasteiger partial charge in [-0.3, -0.25) is 4.79 Å². The van der Waals surface area contributed by atoms with Crippen LogP contribution >= 0.6 is 11.3 Å². The van der Waals surface area contributed by atoms with Gasteiger partial charge in [-0.15, -0.1) is 0 Å². The molecule has 6 nitrogen and oxygen atoms in total. The molecule has 1 fully saturated rings. The molecule has 1 aliphatic heterocycles. The molecule has 1 aliphatic rings. The Hall–Kier alpha value is -2.32. The van der Waals surface area contributed by atoms with Crippen molar-refractivity contribution in [3.05, 3.63) is 52.3 Å². The lowest BCUT2D eigenvalue weighted by atomic mass is 10.2. The zero-order valence-corrected chi connectivity index (χ0v) is 13.6. The second-order valence-electron chi connectivity index (χ2n) is 5.52. The molecule has 0 spiro atoms. The minimum atomic E-state index is -0.299. The van der Waals surface area contributed by atoms with Gasteiger partial charge in [-0.25, -0.2) is 9.37 Å². The summed E-state index contributed by atoms with van der Waals surface area (Å²) in [5.74, 6) is -0.284. The van der Waals surface area contributed by atoms with Crippen LogP contribution in [-0.4, -0.2) is 40.8 Å². The van der Waals surface area contributed by atoms with Gasteiger partial charge in [-0.2, -0.15) is 4.98 Å². The SMILES string of the molecule is O=c1ncn(Cc2ccccc2F)c2nc(N3CCOCC3)sc12. The highest BCUT2D eigenvalue weighted by molar-refractivity contribution is 7.22. The van der Waals surface area contributed by atoms with E-state index >= 15 is 0 Å². The molecule has 0 aliphatic carbocycles. The molecule has 4 rings (SSSR count). The third-order valence-electron chi connectivity index (χ3n) is 3.96. The second kappa shape index (κ2) is 6.29. The fourth-order valence-corrected chi connectivity index (χ4v) is 3.71. The molecule has 0 saturated carbocycles. The van der Waals surface area contributed by atoms with E-state index in [2.05, 4.69) is 14.9 Å². The van der Waals surface area contributed by atoms with Crippen molar-refractivity contribution in [3.8, 4) is 0 Å². The van der Waals surface area contributed by atoms with Crippen LogP contribution in [0, 0.1) is 5.82 Å². The molecule has 1 aromatic carbocycles. The number of benzene rings is 1. The molecule has 3 aromatic rings. The largest absolute Gasteiger partial charge is 0.378 e. The van der Waals surface area contributed by atoms with E-state index in [0.717, 1.165) is 18.2 Å². The maximum absolute atomic E-state index is 13.9. The number of nitrogens with zero attached hydrogens (tertiary/aromatic N) is 4. The summed E-state index contributed by atoms with van der Waals surface area (Å²) in [5.41, 5.74) is 0.779. The highest BCUT2D eigenvalue weighted by atomic mass is 32.1. The Morgan fingerprint density at radius 2 is 2.04 bits per heavy atom. The maximum atomic E-state index is 13.9. The van der Waals surface area contributed by atoms with E-state index in [1.54, 1.807) is 22.8 Å². The molecule has 0 bridgehead atoms. The summed E-state index contributed by atoms with van der Waals surface area (Å²) in [6, 6.07) is 6.57. The van der Waals surface area contributed by atoms with Crippen molar-refractivity contribution in [2.24, 2.45) is 0 Å². The zero-order chi connectivity index (χ0) is 16.5. The first-order valence-electron chi connectivity index (χ1n) is 7.64.